The van der Waals surface area contributed by atoms with Crippen LogP contribution in [0.3, 0.4) is 0 Å². The minimum Gasteiger partial charge on any atom is -0.380 e. The Morgan fingerprint density at radius 3 is 2.73 bits per heavy atom. The van der Waals surface area contributed by atoms with Gasteiger partial charge in [0.2, 0.25) is 0 Å². The molecule has 60 valence electrons. The highest BCUT2D eigenvalue weighted by atomic mass is 127. The molecule has 1 aromatic carbocycles. The predicted molar refractivity (Wildman–Crippen MR) is 54.6 cm³/mol. The molecule has 0 saturated heterocycles. The van der Waals surface area contributed by atoms with Crippen LogP contribution in [0.5, 0.6) is 0 Å². The van der Waals surface area contributed by atoms with E-state index >= 15 is 0 Å². The number of halogens is 1. The van der Waals surface area contributed by atoms with E-state index in [-0.39, 0.29) is 0 Å². The molecule has 0 aromatic heterocycles. The number of aryl methyl sites for hydroxylation is 1. The lowest BCUT2D eigenvalue weighted by Crippen LogP contribution is -1.91. The Balaban J connectivity index is 2.90. The Morgan fingerprint density at radius 1 is 1.45 bits per heavy atom. The molecule has 0 N–H and O–H groups in total. The summed E-state index contributed by atoms with van der Waals surface area (Å²) >= 11 is 2.33. The molecule has 0 spiro atoms. The summed E-state index contributed by atoms with van der Waals surface area (Å²) in [6, 6.07) is 6.38. The van der Waals surface area contributed by atoms with Crippen molar-refractivity contribution < 1.29 is 4.74 Å². The van der Waals surface area contributed by atoms with Crippen LogP contribution >= 0.6 is 22.6 Å². The SMILES string of the molecule is COCc1ccc(C)cc1I. The lowest BCUT2D eigenvalue weighted by molar-refractivity contribution is 0.184. The second-order valence-corrected chi connectivity index (χ2v) is 3.69. The normalized spacial score (nSPS) is 10.1. The fourth-order valence-electron chi connectivity index (χ4n) is 0.925. The molecule has 0 bridgehead atoms. The summed E-state index contributed by atoms with van der Waals surface area (Å²) < 4.78 is 6.33. The van der Waals surface area contributed by atoms with Crippen LogP contribution in [0.15, 0.2) is 18.2 Å². The minimum atomic E-state index is 0.707. The fourth-order valence-corrected chi connectivity index (χ4v) is 1.75. The summed E-state index contributed by atoms with van der Waals surface area (Å²) in [5, 5.41) is 0. The van der Waals surface area contributed by atoms with E-state index < -0.39 is 0 Å². The average molecular weight is 262 g/mol. The summed E-state index contributed by atoms with van der Waals surface area (Å²) in [4.78, 5) is 0. The van der Waals surface area contributed by atoms with E-state index in [1.165, 1.54) is 14.7 Å². The Kier molecular flexibility index (Phi) is 3.33. The van der Waals surface area contributed by atoms with Crippen LogP contribution in [0.25, 0.3) is 0 Å². The van der Waals surface area contributed by atoms with E-state index in [1.807, 2.05) is 0 Å². The third-order valence-electron chi connectivity index (χ3n) is 1.51. The summed E-state index contributed by atoms with van der Waals surface area (Å²) in [6.07, 6.45) is 0. The summed E-state index contributed by atoms with van der Waals surface area (Å²) in [5.41, 5.74) is 2.56. The van der Waals surface area contributed by atoms with Gasteiger partial charge >= 0.3 is 0 Å². The maximum absolute atomic E-state index is 5.04. The van der Waals surface area contributed by atoms with Crippen molar-refractivity contribution in [2.75, 3.05) is 7.11 Å². The molecule has 0 aliphatic rings. The van der Waals surface area contributed by atoms with Gasteiger partial charge in [0.25, 0.3) is 0 Å². The van der Waals surface area contributed by atoms with Gasteiger partial charge in [-0.15, -0.1) is 0 Å². The summed E-state index contributed by atoms with van der Waals surface area (Å²) in [5.74, 6) is 0. The first-order chi connectivity index (χ1) is 5.24. The average Bonchev–Trinajstić information content (AvgIpc) is 1.95. The molecule has 0 aliphatic carbocycles. The maximum atomic E-state index is 5.04. The first-order valence-electron chi connectivity index (χ1n) is 3.48. The monoisotopic (exact) mass is 262 g/mol. The topological polar surface area (TPSA) is 9.23 Å². The zero-order valence-corrected chi connectivity index (χ0v) is 8.88. The molecule has 1 rings (SSSR count). The van der Waals surface area contributed by atoms with Crippen LogP contribution in [0, 0.1) is 10.5 Å². The number of ether oxygens (including phenoxy) is 1. The summed E-state index contributed by atoms with van der Waals surface area (Å²) in [7, 11) is 1.72. The molecule has 1 aromatic rings. The van der Waals surface area contributed by atoms with Gasteiger partial charge in [-0.2, -0.15) is 0 Å². The van der Waals surface area contributed by atoms with Crippen molar-refractivity contribution in [3.05, 3.63) is 32.9 Å². The molecule has 0 aliphatic heterocycles. The molecule has 0 fully saturated rings. The highest BCUT2D eigenvalue weighted by Gasteiger charge is 1.97. The van der Waals surface area contributed by atoms with Crippen molar-refractivity contribution in [3.8, 4) is 0 Å². The number of methoxy groups -OCH3 is 1. The first-order valence-corrected chi connectivity index (χ1v) is 4.56. The molecule has 0 atom stereocenters. The van der Waals surface area contributed by atoms with E-state index in [4.69, 9.17) is 4.74 Å². The molecule has 0 radical (unpaired) electrons. The van der Waals surface area contributed by atoms with E-state index in [1.54, 1.807) is 7.11 Å². The molecular formula is C9H11IO. The van der Waals surface area contributed by atoms with Crippen LogP contribution in [-0.2, 0) is 11.3 Å². The smallest absolute Gasteiger partial charge is 0.0723 e. The Morgan fingerprint density at radius 2 is 2.18 bits per heavy atom. The van der Waals surface area contributed by atoms with Gasteiger partial charge < -0.3 is 4.74 Å². The van der Waals surface area contributed by atoms with Crippen molar-refractivity contribution >= 4 is 22.6 Å². The molecule has 0 saturated carbocycles. The minimum absolute atomic E-state index is 0.707. The van der Waals surface area contributed by atoms with E-state index in [2.05, 4.69) is 47.7 Å². The molecule has 11 heavy (non-hydrogen) atoms. The molecule has 0 unspecified atom stereocenters. The zero-order valence-electron chi connectivity index (χ0n) is 6.73. The van der Waals surface area contributed by atoms with Gasteiger partial charge in [-0.25, -0.2) is 0 Å². The standard InChI is InChI=1S/C9H11IO/c1-7-3-4-8(6-11-2)9(10)5-7/h3-5H,6H2,1-2H3. The van der Waals surface area contributed by atoms with Gasteiger partial charge in [0.05, 0.1) is 6.61 Å². The fraction of sp³-hybridized carbons (Fsp3) is 0.333. The Labute approximate surface area is 80.9 Å². The second kappa shape index (κ2) is 4.07. The Hall–Kier alpha value is -0.0900. The number of hydrogen-bond acceptors (Lipinski definition) is 1. The van der Waals surface area contributed by atoms with Crippen LogP contribution in [0.4, 0.5) is 0 Å². The van der Waals surface area contributed by atoms with Gasteiger partial charge in [0, 0.05) is 10.7 Å². The third kappa shape index (κ3) is 2.45. The van der Waals surface area contributed by atoms with Crippen LogP contribution in [0.1, 0.15) is 11.1 Å². The quantitative estimate of drug-likeness (QED) is 0.744. The summed E-state index contributed by atoms with van der Waals surface area (Å²) in [6.45, 7) is 2.80. The van der Waals surface area contributed by atoms with Gasteiger partial charge in [0.15, 0.2) is 0 Å². The number of rotatable bonds is 2. The van der Waals surface area contributed by atoms with Crippen LogP contribution in [-0.4, -0.2) is 7.11 Å². The van der Waals surface area contributed by atoms with Crippen molar-refractivity contribution in [3.63, 3.8) is 0 Å². The third-order valence-corrected chi connectivity index (χ3v) is 2.51. The largest absolute Gasteiger partial charge is 0.380 e. The first kappa shape index (κ1) is 9.00. The van der Waals surface area contributed by atoms with Gasteiger partial charge in [-0.3, -0.25) is 0 Å². The van der Waals surface area contributed by atoms with Gasteiger partial charge in [-0.1, -0.05) is 17.7 Å². The molecule has 0 amide bonds. The lowest BCUT2D eigenvalue weighted by atomic mass is 10.2. The highest BCUT2D eigenvalue weighted by Crippen LogP contribution is 2.14. The van der Waals surface area contributed by atoms with Crippen LogP contribution < -0.4 is 0 Å². The molecular weight excluding hydrogens is 251 g/mol. The number of hydrogen-bond donors (Lipinski definition) is 0. The Bertz CT molecular complexity index is 245. The molecule has 1 nitrogen and oxygen atoms in total. The van der Waals surface area contributed by atoms with Crippen molar-refractivity contribution in [1.82, 2.24) is 0 Å². The highest BCUT2D eigenvalue weighted by molar-refractivity contribution is 14.1. The van der Waals surface area contributed by atoms with E-state index in [9.17, 15) is 0 Å². The van der Waals surface area contributed by atoms with E-state index in [0.717, 1.165) is 0 Å². The van der Waals surface area contributed by atoms with Gasteiger partial charge in [-0.05, 0) is 41.1 Å². The van der Waals surface area contributed by atoms with Crippen molar-refractivity contribution in [2.45, 2.75) is 13.5 Å². The maximum Gasteiger partial charge on any atom is 0.0723 e. The van der Waals surface area contributed by atoms with E-state index in [0.29, 0.717) is 6.61 Å². The van der Waals surface area contributed by atoms with Gasteiger partial charge in [0.1, 0.15) is 0 Å². The van der Waals surface area contributed by atoms with Crippen molar-refractivity contribution in [2.24, 2.45) is 0 Å². The zero-order chi connectivity index (χ0) is 8.27. The van der Waals surface area contributed by atoms with Crippen LogP contribution in [0.2, 0.25) is 0 Å². The molecule has 2 heteroatoms. The molecule has 0 heterocycles. The number of benzene rings is 1. The lowest BCUT2D eigenvalue weighted by Gasteiger charge is -2.03. The predicted octanol–water partition coefficient (Wildman–Crippen LogP) is 2.75. The second-order valence-electron chi connectivity index (χ2n) is 2.53. The van der Waals surface area contributed by atoms with Crippen molar-refractivity contribution in [1.29, 1.82) is 0 Å².